The third-order valence-corrected chi connectivity index (χ3v) is 15.9. The van der Waals surface area contributed by atoms with E-state index < -0.39 is 0 Å². The number of nitriles is 2. The van der Waals surface area contributed by atoms with Crippen molar-refractivity contribution in [2.75, 3.05) is 0 Å². The number of para-hydroxylation sites is 4. The van der Waals surface area contributed by atoms with Gasteiger partial charge in [-0.05, 0) is 48.9 Å². The predicted molar refractivity (Wildman–Crippen MR) is 269 cm³/mol. The molecule has 0 aliphatic rings. The van der Waals surface area contributed by atoms with Crippen LogP contribution < -0.4 is 0 Å². The van der Waals surface area contributed by atoms with Gasteiger partial charge in [0.05, 0.1) is 59.6 Å². The quantitative estimate of drug-likeness (QED) is 0.178. The van der Waals surface area contributed by atoms with Gasteiger partial charge in [0, 0.05) is 63.3 Å². The summed E-state index contributed by atoms with van der Waals surface area (Å²) in [6.45, 7) is 2.12. The molecular formula is C57H31N5S2. The van der Waals surface area contributed by atoms with E-state index in [0.717, 1.165) is 91.8 Å². The van der Waals surface area contributed by atoms with Crippen molar-refractivity contribution < 1.29 is 0 Å². The number of nitrogens with zero attached hydrogens (tertiary/aromatic N) is 5. The third kappa shape index (κ3) is 4.44. The van der Waals surface area contributed by atoms with Crippen LogP contribution in [0.4, 0.5) is 0 Å². The highest BCUT2D eigenvalue weighted by molar-refractivity contribution is 7.27. The van der Waals surface area contributed by atoms with Crippen LogP contribution >= 0.6 is 22.7 Å². The molecule has 0 saturated heterocycles. The van der Waals surface area contributed by atoms with E-state index in [0.29, 0.717) is 16.8 Å². The van der Waals surface area contributed by atoms with Gasteiger partial charge in [-0.2, -0.15) is 10.5 Å². The minimum Gasteiger partial charge on any atom is -0.306 e. The summed E-state index contributed by atoms with van der Waals surface area (Å²) in [6.07, 6.45) is 0. The van der Waals surface area contributed by atoms with Crippen molar-refractivity contribution in [3.8, 4) is 29.2 Å². The molecule has 14 rings (SSSR count). The van der Waals surface area contributed by atoms with Crippen molar-refractivity contribution in [2.24, 2.45) is 0 Å². The Morgan fingerprint density at radius 1 is 0.344 bits per heavy atom. The van der Waals surface area contributed by atoms with Gasteiger partial charge in [-0.15, -0.1) is 22.7 Å². The van der Waals surface area contributed by atoms with Crippen molar-refractivity contribution in [1.82, 2.24) is 13.7 Å². The number of benzene rings is 9. The van der Waals surface area contributed by atoms with Gasteiger partial charge in [-0.25, -0.2) is 0 Å². The molecule has 0 fully saturated rings. The molecule has 0 spiro atoms. The molecular weight excluding hydrogens is 819 g/mol. The number of rotatable bonds is 3. The van der Waals surface area contributed by atoms with E-state index in [4.69, 9.17) is 0 Å². The van der Waals surface area contributed by atoms with Gasteiger partial charge in [-0.3, -0.25) is 0 Å². The zero-order chi connectivity index (χ0) is 42.4. The van der Waals surface area contributed by atoms with Crippen molar-refractivity contribution in [3.63, 3.8) is 0 Å². The van der Waals surface area contributed by atoms with E-state index in [2.05, 4.69) is 190 Å². The maximum absolute atomic E-state index is 12.0. The Labute approximate surface area is 373 Å². The first-order valence-corrected chi connectivity index (χ1v) is 22.9. The van der Waals surface area contributed by atoms with Gasteiger partial charge < -0.3 is 13.7 Å². The van der Waals surface area contributed by atoms with Crippen LogP contribution in [0.1, 0.15) is 16.7 Å². The summed E-state index contributed by atoms with van der Waals surface area (Å²) in [5.74, 6) is 0. The summed E-state index contributed by atoms with van der Waals surface area (Å²) in [7, 11) is 0. The second-order valence-corrected chi connectivity index (χ2v) is 18.7. The largest absolute Gasteiger partial charge is 0.306 e. The van der Waals surface area contributed by atoms with E-state index in [-0.39, 0.29) is 0 Å². The summed E-state index contributed by atoms with van der Waals surface area (Å²) >= 11 is 3.58. The first kappa shape index (κ1) is 35.4. The fourth-order valence-electron chi connectivity index (χ4n) is 10.9. The summed E-state index contributed by atoms with van der Waals surface area (Å²) in [5, 5.41) is 35.3. The van der Waals surface area contributed by atoms with Gasteiger partial charge in [0.1, 0.15) is 23.3 Å². The number of hydrogen-bond acceptors (Lipinski definition) is 4. The van der Waals surface area contributed by atoms with E-state index in [1.165, 1.54) is 30.9 Å². The Hall–Kier alpha value is -8.20. The second-order valence-electron chi connectivity index (χ2n) is 16.6. The van der Waals surface area contributed by atoms with Crippen LogP contribution in [0, 0.1) is 29.6 Å². The lowest BCUT2D eigenvalue weighted by molar-refractivity contribution is 1.05. The summed E-state index contributed by atoms with van der Waals surface area (Å²) < 4.78 is 11.6. The van der Waals surface area contributed by atoms with E-state index in [1.807, 2.05) is 12.1 Å². The molecule has 7 heteroatoms. The highest BCUT2D eigenvalue weighted by Gasteiger charge is 2.32. The molecule has 0 aliphatic heterocycles. The molecule has 0 saturated carbocycles. The lowest BCUT2D eigenvalue weighted by Crippen LogP contribution is -2.14. The van der Waals surface area contributed by atoms with Crippen molar-refractivity contribution >= 4 is 128 Å². The predicted octanol–water partition coefficient (Wildman–Crippen LogP) is 15.8. The molecule has 0 aliphatic carbocycles. The lowest BCUT2D eigenvalue weighted by Gasteiger charge is -2.24. The number of thiophene rings is 2. The van der Waals surface area contributed by atoms with Crippen molar-refractivity contribution in [3.05, 3.63) is 187 Å². The Morgan fingerprint density at radius 3 is 1.08 bits per heavy atom. The average molecular weight is 850 g/mol. The number of hydrogen-bond donors (Lipinski definition) is 0. The normalized spacial score (nSPS) is 12.1. The molecule has 5 nitrogen and oxygen atoms in total. The molecule has 0 radical (unpaired) electrons. The molecule has 14 aromatic rings. The summed E-state index contributed by atoms with van der Waals surface area (Å²) in [6, 6.07) is 65.6. The standard InChI is InChI=1S/C57H31N5S2/c1-32-51(61-47-22-10-4-16-35(47)39-26-28-41-37-18-6-12-24-49(37)63-56(41)54(39)61)43(30-58)53(60-45-20-8-2-14-33(45)34-15-3-9-21-46(34)60)44(31-59)52(32)62-48-23-11-5-17-36(48)40-27-29-42-38-19-7-13-25-50(38)64-57(42)55(40)62/h2-29H,1H3. The molecule has 9 aromatic carbocycles. The third-order valence-electron chi connectivity index (χ3n) is 13.5. The molecule has 0 unspecified atom stereocenters. The maximum Gasteiger partial charge on any atom is 0.104 e. The second kappa shape index (κ2) is 12.9. The van der Waals surface area contributed by atoms with Gasteiger partial charge in [0.25, 0.3) is 0 Å². The van der Waals surface area contributed by atoms with Crippen LogP contribution in [0.3, 0.4) is 0 Å². The molecule has 64 heavy (non-hydrogen) atoms. The molecule has 5 heterocycles. The fourth-order valence-corrected chi connectivity index (χ4v) is 13.4. The Morgan fingerprint density at radius 2 is 0.672 bits per heavy atom. The highest BCUT2D eigenvalue weighted by atomic mass is 32.1. The Balaban J connectivity index is 1.27. The van der Waals surface area contributed by atoms with Crippen LogP contribution in [0.25, 0.3) is 123 Å². The van der Waals surface area contributed by atoms with Crippen LogP contribution in [0.5, 0.6) is 0 Å². The first-order valence-electron chi connectivity index (χ1n) is 21.3. The Kier molecular flexibility index (Phi) is 7.15. The SMILES string of the molecule is Cc1c(-n2c3ccccc3c3ccc4c5ccccc5sc4c32)c(C#N)c(-n2c3ccccc3c3ccccc32)c(C#N)c1-n1c2ccccc2c2ccc3c4ccccc4sc3c21. The van der Waals surface area contributed by atoms with Crippen LogP contribution in [0.15, 0.2) is 170 Å². The van der Waals surface area contributed by atoms with Gasteiger partial charge in [-0.1, -0.05) is 133 Å². The fraction of sp³-hybridized carbons (Fsp3) is 0.0175. The van der Waals surface area contributed by atoms with Gasteiger partial charge in [0.2, 0.25) is 0 Å². The average Bonchev–Trinajstić information content (AvgIpc) is 4.15. The molecule has 296 valence electrons. The van der Waals surface area contributed by atoms with E-state index in [1.54, 1.807) is 22.7 Å². The highest BCUT2D eigenvalue weighted by Crippen LogP contribution is 2.49. The molecule has 0 bridgehead atoms. The maximum atomic E-state index is 12.0. The number of fused-ring (bicyclic) bond motifs is 17. The monoisotopic (exact) mass is 849 g/mol. The van der Waals surface area contributed by atoms with Crippen molar-refractivity contribution in [1.29, 1.82) is 10.5 Å². The van der Waals surface area contributed by atoms with Crippen LogP contribution in [0.2, 0.25) is 0 Å². The number of aromatic nitrogens is 3. The topological polar surface area (TPSA) is 62.4 Å². The lowest BCUT2D eigenvalue weighted by atomic mass is 9.96. The molecule has 5 aromatic heterocycles. The van der Waals surface area contributed by atoms with Gasteiger partial charge in [0.15, 0.2) is 0 Å². The molecule has 0 amide bonds. The summed E-state index contributed by atoms with van der Waals surface area (Å²) in [4.78, 5) is 0. The summed E-state index contributed by atoms with van der Waals surface area (Å²) in [5.41, 5.74) is 9.80. The first-order chi connectivity index (χ1) is 31.6. The Bertz CT molecular complexity index is 4200. The van der Waals surface area contributed by atoms with Crippen molar-refractivity contribution in [2.45, 2.75) is 6.92 Å². The zero-order valence-electron chi connectivity index (χ0n) is 34.2. The van der Waals surface area contributed by atoms with Crippen LogP contribution in [-0.4, -0.2) is 13.7 Å². The van der Waals surface area contributed by atoms with Crippen LogP contribution in [-0.2, 0) is 0 Å². The van der Waals surface area contributed by atoms with Gasteiger partial charge >= 0.3 is 0 Å². The van der Waals surface area contributed by atoms with E-state index in [9.17, 15) is 10.5 Å². The molecule has 0 N–H and O–H groups in total. The van der Waals surface area contributed by atoms with E-state index >= 15 is 0 Å². The zero-order valence-corrected chi connectivity index (χ0v) is 35.9. The molecule has 0 atom stereocenters. The minimum absolute atomic E-state index is 0.442. The smallest absolute Gasteiger partial charge is 0.104 e. The minimum atomic E-state index is 0.442.